The number of benzene rings is 2. The van der Waals surface area contributed by atoms with Gasteiger partial charge < -0.3 is 9.88 Å². The van der Waals surface area contributed by atoms with Crippen molar-refractivity contribution < 1.29 is 13.2 Å². The number of H-pyrrole nitrogens is 1. The van der Waals surface area contributed by atoms with Crippen molar-refractivity contribution in [3.05, 3.63) is 59.9 Å². The summed E-state index contributed by atoms with van der Waals surface area (Å²) < 4.78 is 26.3. The molecule has 1 fully saturated rings. The van der Waals surface area contributed by atoms with Gasteiger partial charge in [-0.2, -0.15) is 0 Å². The topological polar surface area (TPSA) is 95.2 Å². The highest BCUT2D eigenvalue weighted by molar-refractivity contribution is 7.89. The monoisotopic (exact) mass is 384 g/mol. The smallest absolute Gasteiger partial charge is 0.254 e. The van der Waals surface area contributed by atoms with Crippen molar-refractivity contribution in [2.24, 2.45) is 0 Å². The summed E-state index contributed by atoms with van der Waals surface area (Å²) in [5, 5.41) is 0. The molecule has 7 nitrogen and oxygen atoms in total. The molecular weight excluding hydrogens is 364 g/mol. The van der Waals surface area contributed by atoms with Crippen LogP contribution in [0.5, 0.6) is 0 Å². The average molecular weight is 384 g/mol. The second-order valence-electron chi connectivity index (χ2n) is 6.53. The maximum absolute atomic E-state index is 13.1. The molecule has 3 aromatic rings. The SMILES string of the molecule is CNS(=O)(=O)c1cccc(C(=O)N2CCCC2c2nc3ccccc3[nH]2)c1. The summed E-state index contributed by atoms with van der Waals surface area (Å²) in [5.74, 6) is 0.576. The van der Waals surface area contributed by atoms with Crippen molar-refractivity contribution in [1.82, 2.24) is 19.6 Å². The van der Waals surface area contributed by atoms with Crippen LogP contribution in [0.25, 0.3) is 11.0 Å². The number of fused-ring (bicyclic) bond motifs is 1. The molecule has 1 saturated heterocycles. The first-order valence-corrected chi connectivity index (χ1v) is 10.3. The molecule has 2 heterocycles. The Kier molecular flexibility index (Phi) is 4.45. The molecule has 1 unspecified atom stereocenters. The Bertz CT molecular complexity index is 1070. The molecule has 4 rings (SSSR count). The first-order valence-electron chi connectivity index (χ1n) is 8.79. The van der Waals surface area contributed by atoms with Crippen LogP contribution in [0.2, 0.25) is 0 Å². The summed E-state index contributed by atoms with van der Waals surface area (Å²) in [7, 11) is -2.25. The second-order valence-corrected chi connectivity index (χ2v) is 8.42. The maximum Gasteiger partial charge on any atom is 0.254 e. The van der Waals surface area contributed by atoms with Gasteiger partial charge in [0.05, 0.1) is 22.0 Å². The number of hydrogen-bond acceptors (Lipinski definition) is 4. The van der Waals surface area contributed by atoms with Gasteiger partial charge in [-0.15, -0.1) is 0 Å². The first-order chi connectivity index (χ1) is 13.0. The normalized spacial score (nSPS) is 17.5. The van der Waals surface area contributed by atoms with Crippen LogP contribution in [0.15, 0.2) is 53.4 Å². The highest BCUT2D eigenvalue weighted by atomic mass is 32.2. The van der Waals surface area contributed by atoms with Gasteiger partial charge in [-0.25, -0.2) is 18.1 Å². The molecule has 1 atom stereocenters. The van der Waals surface area contributed by atoms with Crippen molar-refractivity contribution in [1.29, 1.82) is 0 Å². The van der Waals surface area contributed by atoms with Crippen LogP contribution in [-0.4, -0.2) is 42.8 Å². The number of amides is 1. The Morgan fingerprint density at radius 1 is 1.22 bits per heavy atom. The van der Waals surface area contributed by atoms with Crippen LogP contribution in [0.4, 0.5) is 0 Å². The minimum atomic E-state index is -3.60. The van der Waals surface area contributed by atoms with E-state index in [0.717, 1.165) is 29.7 Å². The number of carbonyl (C=O) groups is 1. The molecule has 0 bridgehead atoms. The third kappa shape index (κ3) is 3.22. The van der Waals surface area contributed by atoms with E-state index in [4.69, 9.17) is 0 Å². The minimum absolute atomic E-state index is 0.0790. The number of likely N-dealkylation sites (tertiary alicyclic amines) is 1. The van der Waals surface area contributed by atoms with Crippen LogP contribution in [-0.2, 0) is 10.0 Å². The van der Waals surface area contributed by atoms with Crippen LogP contribution < -0.4 is 4.72 Å². The van der Waals surface area contributed by atoms with Crippen LogP contribution in [0.3, 0.4) is 0 Å². The highest BCUT2D eigenvalue weighted by Crippen LogP contribution is 2.32. The number of para-hydroxylation sites is 2. The van der Waals surface area contributed by atoms with Crippen molar-refractivity contribution in [3.8, 4) is 0 Å². The van der Waals surface area contributed by atoms with E-state index in [-0.39, 0.29) is 16.8 Å². The van der Waals surface area contributed by atoms with Crippen LogP contribution in [0, 0.1) is 0 Å². The number of hydrogen-bond donors (Lipinski definition) is 2. The largest absolute Gasteiger partial charge is 0.340 e. The van der Waals surface area contributed by atoms with E-state index in [1.165, 1.54) is 19.2 Å². The van der Waals surface area contributed by atoms with E-state index in [1.54, 1.807) is 17.0 Å². The number of aromatic amines is 1. The number of imidazole rings is 1. The Balaban J connectivity index is 1.66. The average Bonchev–Trinajstić information content (AvgIpc) is 3.34. The molecular formula is C19H20N4O3S. The third-order valence-electron chi connectivity index (χ3n) is 4.90. The zero-order valence-corrected chi connectivity index (χ0v) is 15.7. The van der Waals surface area contributed by atoms with Crippen molar-refractivity contribution in [2.75, 3.05) is 13.6 Å². The van der Waals surface area contributed by atoms with Gasteiger partial charge in [-0.3, -0.25) is 4.79 Å². The fraction of sp³-hybridized carbons (Fsp3) is 0.263. The molecule has 27 heavy (non-hydrogen) atoms. The van der Waals surface area contributed by atoms with Gasteiger partial charge in [0.25, 0.3) is 5.91 Å². The molecule has 2 aromatic carbocycles. The summed E-state index contributed by atoms with van der Waals surface area (Å²) in [6.07, 6.45) is 1.70. The highest BCUT2D eigenvalue weighted by Gasteiger charge is 2.33. The Morgan fingerprint density at radius 2 is 2.04 bits per heavy atom. The number of aromatic nitrogens is 2. The lowest BCUT2D eigenvalue weighted by Gasteiger charge is -2.23. The zero-order valence-electron chi connectivity index (χ0n) is 14.8. The predicted octanol–water partition coefficient (Wildman–Crippen LogP) is 2.45. The summed E-state index contributed by atoms with van der Waals surface area (Å²) in [4.78, 5) is 22.9. The molecule has 8 heteroatoms. The molecule has 1 aliphatic heterocycles. The van der Waals surface area contributed by atoms with Crippen molar-refractivity contribution in [2.45, 2.75) is 23.8 Å². The number of carbonyl (C=O) groups excluding carboxylic acids is 1. The standard InChI is InChI=1S/C19H20N4O3S/c1-20-27(25,26)14-7-4-6-13(12-14)19(24)23-11-5-10-17(23)18-21-15-8-2-3-9-16(15)22-18/h2-4,6-9,12,17,20H,5,10-11H2,1H3,(H,21,22). The van der Waals surface area contributed by atoms with E-state index in [9.17, 15) is 13.2 Å². The van der Waals surface area contributed by atoms with E-state index in [1.807, 2.05) is 24.3 Å². The van der Waals surface area contributed by atoms with Gasteiger partial charge in [-0.1, -0.05) is 18.2 Å². The summed E-state index contributed by atoms with van der Waals surface area (Å²) in [5.41, 5.74) is 2.16. The predicted molar refractivity (Wildman–Crippen MR) is 102 cm³/mol. The van der Waals surface area contributed by atoms with Gasteiger partial charge >= 0.3 is 0 Å². The van der Waals surface area contributed by atoms with Crippen molar-refractivity contribution in [3.63, 3.8) is 0 Å². The minimum Gasteiger partial charge on any atom is -0.340 e. The lowest BCUT2D eigenvalue weighted by Crippen LogP contribution is -2.31. The number of rotatable bonds is 4. The molecule has 0 radical (unpaired) electrons. The number of nitrogens with zero attached hydrogens (tertiary/aromatic N) is 2. The van der Waals surface area contributed by atoms with E-state index < -0.39 is 10.0 Å². The summed E-state index contributed by atoms with van der Waals surface area (Å²) >= 11 is 0. The molecule has 2 N–H and O–H groups in total. The molecule has 0 aliphatic carbocycles. The van der Waals surface area contributed by atoms with E-state index in [0.29, 0.717) is 12.1 Å². The Labute approximate surface area is 157 Å². The molecule has 0 saturated carbocycles. The van der Waals surface area contributed by atoms with Gasteiger partial charge in [-0.05, 0) is 50.2 Å². The van der Waals surface area contributed by atoms with Gasteiger partial charge in [0.15, 0.2) is 0 Å². The summed E-state index contributed by atoms with van der Waals surface area (Å²) in [6.45, 7) is 0.615. The van der Waals surface area contributed by atoms with E-state index in [2.05, 4.69) is 14.7 Å². The molecule has 140 valence electrons. The fourth-order valence-electron chi connectivity index (χ4n) is 3.50. The lowest BCUT2D eigenvalue weighted by molar-refractivity contribution is 0.0730. The molecule has 1 aliphatic rings. The second kappa shape index (κ2) is 6.79. The molecule has 1 aromatic heterocycles. The van der Waals surface area contributed by atoms with Crippen molar-refractivity contribution >= 4 is 27.0 Å². The van der Waals surface area contributed by atoms with E-state index >= 15 is 0 Å². The van der Waals surface area contributed by atoms with Gasteiger partial charge in [0, 0.05) is 12.1 Å². The van der Waals surface area contributed by atoms with Gasteiger partial charge in [0.1, 0.15) is 5.82 Å². The Hall–Kier alpha value is -2.71. The van der Waals surface area contributed by atoms with Crippen LogP contribution in [0.1, 0.15) is 35.1 Å². The number of nitrogens with one attached hydrogen (secondary N) is 2. The maximum atomic E-state index is 13.1. The third-order valence-corrected chi connectivity index (χ3v) is 6.31. The zero-order chi connectivity index (χ0) is 19.0. The molecule has 0 spiro atoms. The van der Waals surface area contributed by atoms with Gasteiger partial charge in [0.2, 0.25) is 10.0 Å². The van der Waals surface area contributed by atoms with Crippen LogP contribution >= 0.6 is 0 Å². The first kappa shape index (κ1) is 17.7. The fourth-order valence-corrected chi connectivity index (χ4v) is 4.28. The quantitative estimate of drug-likeness (QED) is 0.722. The number of sulfonamides is 1. The molecule has 1 amide bonds. The Morgan fingerprint density at radius 3 is 2.81 bits per heavy atom. The summed E-state index contributed by atoms with van der Waals surface area (Å²) in [6, 6.07) is 13.7. The lowest BCUT2D eigenvalue weighted by atomic mass is 10.1.